The Morgan fingerprint density at radius 2 is 1.81 bits per heavy atom. The number of thiazole rings is 1. The van der Waals surface area contributed by atoms with Crippen molar-refractivity contribution in [1.29, 1.82) is 5.41 Å². The number of aliphatic hydroxyl groups excluding tert-OH is 1. The number of hydrogen-bond acceptors (Lipinski definition) is 5. The highest BCUT2D eigenvalue weighted by atomic mass is 32.1. The molecule has 0 spiro atoms. The summed E-state index contributed by atoms with van der Waals surface area (Å²) in [5.74, 6) is 1.17. The number of ether oxygens (including phenoxy) is 1. The van der Waals surface area contributed by atoms with Crippen LogP contribution in [0.4, 0.5) is 5.69 Å². The first-order valence-corrected chi connectivity index (χ1v) is 9.40. The molecule has 4 rings (SSSR count). The molecule has 2 aromatic carbocycles. The lowest BCUT2D eigenvalue weighted by Crippen LogP contribution is -2.25. The van der Waals surface area contributed by atoms with E-state index in [0.29, 0.717) is 10.6 Å². The van der Waals surface area contributed by atoms with Crippen molar-refractivity contribution in [1.82, 2.24) is 4.98 Å². The van der Waals surface area contributed by atoms with Gasteiger partial charge in [0.25, 0.3) is 0 Å². The van der Waals surface area contributed by atoms with Crippen LogP contribution in [0.25, 0.3) is 16.8 Å². The van der Waals surface area contributed by atoms with Gasteiger partial charge in [0.15, 0.2) is 0 Å². The van der Waals surface area contributed by atoms with E-state index >= 15 is 0 Å². The second kappa shape index (κ2) is 6.89. The van der Waals surface area contributed by atoms with Gasteiger partial charge in [-0.25, -0.2) is 4.98 Å². The molecule has 0 saturated carbocycles. The van der Waals surface area contributed by atoms with Crippen LogP contribution in [0.15, 0.2) is 59.7 Å². The number of anilines is 1. The van der Waals surface area contributed by atoms with E-state index in [0.717, 1.165) is 22.7 Å². The summed E-state index contributed by atoms with van der Waals surface area (Å²) in [5, 5.41) is 21.7. The molecule has 0 fully saturated rings. The molecule has 136 valence electrons. The summed E-state index contributed by atoms with van der Waals surface area (Å²) in [6, 6.07) is 15.6. The molecule has 1 aliphatic heterocycles. The van der Waals surface area contributed by atoms with Crippen LogP contribution in [0.5, 0.6) is 5.75 Å². The fraction of sp³-hybridized carbons (Fsp3) is 0.143. The summed E-state index contributed by atoms with van der Waals surface area (Å²) in [5.41, 5.74) is 4.40. The predicted octanol–water partition coefficient (Wildman–Crippen LogP) is 4.89. The Bertz CT molecular complexity index is 1020. The van der Waals surface area contributed by atoms with Crippen molar-refractivity contribution in [3.8, 4) is 17.0 Å². The zero-order valence-electron chi connectivity index (χ0n) is 15.1. The summed E-state index contributed by atoms with van der Waals surface area (Å²) in [4.78, 5) is 6.42. The van der Waals surface area contributed by atoms with Crippen molar-refractivity contribution in [3.05, 3.63) is 70.2 Å². The van der Waals surface area contributed by atoms with Gasteiger partial charge in [-0.15, -0.1) is 11.3 Å². The van der Waals surface area contributed by atoms with Gasteiger partial charge in [-0.1, -0.05) is 29.8 Å². The van der Waals surface area contributed by atoms with Crippen LogP contribution < -0.4 is 9.64 Å². The largest absolute Gasteiger partial charge is 0.510 e. The fourth-order valence-electron chi connectivity index (χ4n) is 3.03. The number of amidine groups is 1. The Labute approximate surface area is 161 Å². The summed E-state index contributed by atoms with van der Waals surface area (Å²) >= 11 is 1.44. The zero-order valence-corrected chi connectivity index (χ0v) is 15.9. The minimum Gasteiger partial charge on any atom is -0.510 e. The normalized spacial score (nSPS) is 14.1. The van der Waals surface area contributed by atoms with Crippen molar-refractivity contribution < 1.29 is 9.84 Å². The molecule has 0 unspecified atom stereocenters. The van der Waals surface area contributed by atoms with Crippen molar-refractivity contribution in [2.75, 3.05) is 18.6 Å². The molecule has 0 aliphatic carbocycles. The summed E-state index contributed by atoms with van der Waals surface area (Å²) in [6.45, 7) is 2.31. The van der Waals surface area contributed by atoms with E-state index in [-0.39, 0.29) is 18.1 Å². The van der Waals surface area contributed by atoms with Crippen molar-refractivity contribution in [3.63, 3.8) is 0 Å². The molecular formula is C21H19N3O2S. The summed E-state index contributed by atoms with van der Waals surface area (Å²) in [7, 11) is 1.62. The zero-order chi connectivity index (χ0) is 19.0. The Kier molecular flexibility index (Phi) is 4.41. The second-order valence-corrected chi connectivity index (χ2v) is 7.22. The van der Waals surface area contributed by atoms with E-state index in [9.17, 15) is 5.11 Å². The van der Waals surface area contributed by atoms with Crippen LogP contribution in [0.2, 0.25) is 0 Å². The number of aryl methyl sites for hydroxylation is 1. The molecule has 1 aliphatic rings. The average molecular weight is 377 g/mol. The van der Waals surface area contributed by atoms with Crippen LogP contribution in [-0.2, 0) is 0 Å². The molecule has 27 heavy (non-hydrogen) atoms. The SMILES string of the molecule is COc1ccc(N2CC(O)=C(c3nc(-c4ccc(C)cc4)cs3)C2=N)cc1. The summed E-state index contributed by atoms with van der Waals surface area (Å²) < 4.78 is 5.18. The van der Waals surface area contributed by atoms with Gasteiger partial charge in [0.2, 0.25) is 0 Å². The topological polar surface area (TPSA) is 69.4 Å². The van der Waals surface area contributed by atoms with Crippen LogP contribution in [0.1, 0.15) is 10.6 Å². The number of nitrogens with one attached hydrogen (secondary N) is 1. The van der Waals surface area contributed by atoms with Gasteiger partial charge in [0, 0.05) is 16.6 Å². The Morgan fingerprint density at radius 3 is 2.48 bits per heavy atom. The van der Waals surface area contributed by atoms with Crippen LogP contribution >= 0.6 is 11.3 Å². The molecule has 0 saturated heterocycles. The highest BCUT2D eigenvalue weighted by Gasteiger charge is 2.31. The number of nitrogens with zero attached hydrogens (tertiary/aromatic N) is 2. The molecule has 2 N–H and O–H groups in total. The molecule has 0 amide bonds. The molecule has 0 atom stereocenters. The minimum atomic E-state index is 0.167. The monoisotopic (exact) mass is 377 g/mol. The number of aromatic nitrogens is 1. The summed E-state index contributed by atoms with van der Waals surface area (Å²) in [6.07, 6.45) is 0. The standard InChI is InChI=1S/C21H19N3O2S/c1-13-3-5-14(6-4-13)17-12-27-21(23-17)19-18(25)11-24(20(19)22)15-7-9-16(26-2)10-8-15/h3-10,12,22,25H,11H2,1-2H3. The third kappa shape index (κ3) is 3.19. The van der Waals surface area contributed by atoms with Gasteiger partial charge in [0.1, 0.15) is 22.4 Å². The average Bonchev–Trinajstić information content (AvgIpc) is 3.27. The van der Waals surface area contributed by atoms with E-state index in [2.05, 4.69) is 4.98 Å². The van der Waals surface area contributed by atoms with Gasteiger partial charge in [-0.2, -0.15) is 0 Å². The lowest BCUT2D eigenvalue weighted by atomic mass is 10.1. The third-order valence-corrected chi connectivity index (χ3v) is 5.41. The third-order valence-electron chi connectivity index (χ3n) is 4.55. The number of aliphatic hydroxyl groups is 1. The van der Waals surface area contributed by atoms with Crippen molar-refractivity contribution in [2.24, 2.45) is 0 Å². The Morgan fingerprint density at radius 1 is 1.11 bits per heavy atom. The van der Waals surface area contributed by atoms with E-state index in [1.807, 2.05) is 60.8 Å². The lowest BCUT2D eigenvalue weighted by Gasteiger charge is -2.18. The van der Waals surface area contributed by atoms with E-state index < -0.39 is 0 Å². The maximum absolute atomic E-state index is 10.5. The van der Waals surface area contributed by atoms with Gasteiger partial charge in [-0.3, -0.25) is 5.41 Å². The van der Waals surface area contributed by atoms with Gasteiger partial charge in [-0.05, 0) is 31.2 Å². The van der Waals surface area contributed by atoms with E-state index in [1.54, 1.807) is 12.0 Å². The molecule has 1 aromatic heterocycles. The van der Waals surface area contributed by atoms with Gasteiger partial charge < -0.3 is 14.7 Å². The lowest BCUT2D eigenvalue weighted by molar-refractivity contribution is 0.411. The number of benzene rings is 2. The van der Waals surface area contributed by atoms with Crippen molar-refractivity contribution >= 4 is 28.4 Å². The first-order chi connectivity index (χ1) is 13.1. The molecule has 0 bridgehead atoms. The first kappa shape index (κ1) is 17.3. The number of rotatable bonds is 4. The second-order valence-electron chi connectivity index (χ2n) is 6.36. The van der Waals surface area contributed by atoms with Gasteiger partial charge in [0.05, 0.1) is 24.9 Å². The molecular weight excluding hydrogens is 358 g/mol. The number of hydrogen-bond donors (Lipinski definition) is 2. The Hall–Kier alpha value is -3.12. The van der Waals surface area contributed by atoms with Crippen LogP contribution in [-0.4, -0.2) is 29.6 Å². The van der Waals surface area contributed by atoms with Crippen molar-refractivity contribution in [2.45, 2.75) is 6.92 Å². The first-order valence-electron chi connectivity index (χ1n) is 8.52. The van der Waals surface area contributed by atoms with E-state index in [1.165, 1.54) is 16.9 Å². The van der Waals surface area contributed by atoms with Crippen LogP contribution in [0.3, 0.4) is 0 Å². The van der Waals surface area contributed by atoms with Crippen LogP contribution in [0, 0.1) is 12.3 Å². The Balaban J connectivity index is 1.61. The highest BCUT2D eigenvalue weighted by Crippen LogP contribution is 2.34. The quantitative estimate of drug-likeness (QED) is 0.679. The molecule has 6 heteroatoms. The smallest absolute Gasteiger partial charge is 0.139 e. The predicted molar refractivity (Wildman–Crippen MR) is 110 cm³/mol. The molecule has 0 radical (unpaired) electrons. The fourth-order valence-corrected chi connectivity index (χ4v) is 3.93. The molecule has 2 heterocycles. The molecule has 5 nitrogen and oxygen atoms in total. The maximum atomic E-state index is 10.5. The van der Waals surface area contributed by atoms with E-state index in [4.69, 9.17) is 10.1 Å². The molecule has 3 aromatic rings. The van der Waals surface area contributed by atoms with Gasteiger partial charge >= 0.3 is 0 Å². The minimum absolute atomic E-state index is 0.167. The highest BCUT2D eigenvalue weighted by molar-refractivity contribution is 7.11. The maximum Gasteiger partial charge on any atom is 0.139 e. The number of methoxy groups -OCH3 is 1.